The zero-order valence-electron chi connectivity index (χ0n) is 29.1. The van der Waals surface area contributed by atoms with E-state index in [9.17, 15) is 15.3 Å². The maximum atomic E-state index is 11.3. The fourth-order valence-corrected chi connectivity index (χ4v) is 6.32. The molecule has 11 heteroatoms. The Kier molecular flexibility index (Phi) is 9.75. The molecule has 0 fully saturated rings. The number of aromatic hydroxyl groups is 3. The molecule has 0 unspecified atom stereocenters. The van der Waals surface area contributed by atoms with Gasteiger partial charge in [-0.25, -0.2) is 0 Å². The molecule has 0 bridgehead atoms. The summed E-state index contributed by atoms with van der Waals surface area (Å²) in [6, 6.07) is 27.7. The van der Waals surface area contributed by atoms with E-state index in [1.54, 1.807) is 30.3 Å². The van der Waals surface area contributed by atoms with Gasteiger partial charge in [0.25, 0.3) is 0 Å². The number of fused-ring (bicyclic) bond motifs is 3. The molecule has 7 rings (SSSR count). The maximum Gasteiger partial charge on any atom is 0.151 e. The number of rotatable bonds is 6. The van der Waals surface area contributed by atoms with Crippen LogP contribution in [0.2, 0.25) is 0 Å². The summed E-state index contributed by atoms with van der Waals surface area (Å²) in [5.41, 5.74) is 13.7. The average molecular weight is 737 g/mol. The van der Waals surface area contributed by atoms with Gasteiger partial charge in [-0.15, -0.1) is 15.3 Å². The van der Waals surface area contributed by atoms with E-state index in [1.165, 1.54) is 11.5 Å². The number of phenolic OH excluding ortho intramolecular Hbond substituents is 3. The number of phenols is 3. The van der Waals surface area contributed by atoms with E-state index in [0.29, 0.717) is 39.1 Å². The third-order valence-electron chi connectivity index (χ3n) is 9.00. The van der Waals surface area contributed by atoms with Gasteiger partial charge in [-0.3, -0.25) is 0 Å². The molecular formula is C41H35CuN7O3. The summed E-state index contributed by atoms with van der Waals surface area (Å²) < 4.78 is 0. The number of azo groups is 3. The van der Waals surface area contributed by atoms with Gasteiger partial charge in [0, 0.05) is 28.5 Å². The molecule has 52 heavy (non-hydrogen) atoms. The van der Waals surface area contributed by atoms with Crippen LogP contribution in [0.1, 0.15) is 27.8 Å². The van der Waals surface area contributed by atoms with E-state index in [-0.39, 0.29) is 45.7 Å². The van der Waals surface area contributed by atoms with Crippen molar-refractivity contribution in [3.63, 3.8) is 0 Å². The van der Waals surface area contributed by atoms with E-state index in [2.05, 4.69) is 56.7 Å². The zero-order valence-corrected chi connectivity index (χ0v) is 30.0. The van der Waals surface area contributed by atoms with Gasteiger partial charge in [0.15, 0.2) is 5.75 Å². The van der Waals surface area contributed by atoms with Crippen LogP contribution in [0, 0.1) is 34.6 Å². The fraction of sp³-hybridized carbons (Fsp3) is 0.122. The monoisotopic (exact) mass is 736 g/mol. The van der Waals surface area contributed by atoms with Gasteiger partial charge in [0.2, 0.25) is 0 Å². The number of benzene rings is 7. The molecule has 263 valence electrons. The van der Waals surface area contributed by atoms with Gasteiger partial charge in [-0.2, -0.15) is 15.3 Å². The Balaban J connectivity index is 0.00000464. The number of hydrogen-bond donors (Lipinski definition) is 4. The third-order valence-corrected chi connectivity index (χ3v) is 9.00. The van der Waals surface area contributed by atoms with Crippen LogP contribution in [-0.4, -0.2) is 15.3 Å². The molecule has 1 radical (unpaired) electrons. The zero-order chi connectivity index (χ0) is 36.0. The summed E-state index contributed by atoms with van der Waals surface area (Å²) >= 11 is 0. The van der Waals surface area contributed by atoms with Crippen molar-refractivity contribution in [3.8, 4) is 17.2 Å². The first-order chi connectivity index (χ1) is 24.5. The largest absolute Gasteiger partial charge is 0.507 e. The molecule has 0 atom stereocenters. The summed E-state index contributed by atoms with van der Waals surface area (Å²) in [4.78, 5) is 0. The second-order valence-corrected chi connectivity index (χ2v) is 12.8. The summed E-state index contributed by atoms with van der Waals surface area (Å²) in [6.07, 6.45) is 0. The van der Waals surface area contributed by atoms with E-state index in [0.717, 1.165) is 44.1 Å². The van der Waals surface area contributed by atoms with Gasteiger partial charge in [0.1, 0.15) is 28.6 Å². The summed E-state index contributed by atoms with van der Waals surface area (Å²) in [7, 11) is 0. The Morgan fingerprint density at radius 1 is 0.481 bits per heavy atom. The molecule has 5 N–H and O–H groups in total. The van der Waals surface area contributed by atoms with E-state index < -0.39 is 0 Å². The second-order valence-electron chi connectivity index (χ2n) is 12.8. The van der Waals surface area contributed by atoms with Gasteiger partial charge in [-0.05, 0) is 133 Å². The Hall–Kier alpha value is -6.16. The van der Waals surface area contributed by atoms with Crippen LogP contribution in [0.4, 0.5) is 39.8 Å². The number of nitrogen functional groups attached to an aromatic ring is 1. The minimum atomic E-state index is -0.127. The van der Waals surface area contributed by atoms with Crippen molar-refractivity contribution in [1.29, 1.82) is 0 Å². The van der Waals surface area contributed by atoms with Gasteiger partial charge in [-0.1, -0.05) is 36.4 Å². The number of aryl methyl sites for hydroxylation is 5. The molecule has 0 spiro atoms. The van der Waals surface area contributed by atoms with Crippen molar-refractivity contribution in [2.75, 3.05) is 5.73 Å². The molecule has 7 aromatic rings. The SMILES string of the molecule is Cc1cc(O)c2c(N=Nc3ccc4cc(C)c(N=Nc5cc(C)c(N=Nc6cc(C)c7cccc(C)c7c6)cc5O)c(O)c4c3)c(N)ccc2c1.[Cu]. The predicted octanol–water partition coefficient (Wildman–Crippen LogP) is 12.6. The minimum absolute atomic E-state index is 0. The molecule has 0 saturated carbocycles. The standard InChI is InChI=1S/C41H35N7O3.Cu/c1-21-13-27-10-12-33(42)40(38(27)37(50)14-21)48-43-28-11-9-26-15-25(5)39(41(51)32(26)18-28)47-46-35-17-24(4)34(20-36(35)49)45-44-29-16-23(3)30-8-6-7-22(2)31(30)19-29;/h6-20,49-51H,42H2,1-5H3;. The van der Waals surface area contributed by atoms with E-state index in [4.69, 9.17) is 5.73 Å². The first kappa shape index (κ1) is 35.7. The summed E-state index contributed by atoms with van der Waals surface area (Å²) in [5, 5.41) is 64.0. The number of nitrogens with zero attached hydrogens (tertiary/aromatic N) is 6. The van der Waals surface area contributed by atoms with Crippen LogP contribution in [0.25, 0.3) is 32.3 Å². The quantitative estimate of drug-likeness (QED) is 0.0759. The van der Waals surface area contributed by atoms with Crippen molar-refractivity contribution in [2.45, 2.75) is 34.6 Å². The van der Waals surface area contributed by atoms with Gasteiger partial charge < -0.3 is 21.1 Å². The van der Waals surface area contributed by atoms with Gasteiger partial charge in [0.05, 0.1) is 28.1 Å². The third kappa shape index (κ3) is 6.79. The first-order valence-electron chi connectivity index (χ1n) is 16.3. The number of hydrogen-bond acceptors (Lipinski definition) is 10. The second kappa shape index (κ2) is 14.2. The number of nitrogens with two attached hydrogens (primary N) is 1. The fourth-order valence-electron chi connectivity index (χ4n) is 6.32. The first-order valence-corrected chi connectivity index (χ1v) is 16.3. The van der Waals surface area contributed by atoms with Crippen LogP contribution < -0.4 is 5.73 Å². The maximum absolute atomic E-state index is 11.3. The van der Waals surface area contributed by atoms with Crippen molar-refractivity contribution >= 4 is 72.1 Å². The topological polar surface area (TPSA) is 161 Å². The van der Waals surface area contributed by atoms with Crippen molar-refractivity contribution < 1.29 is 32.4 Å². The van der Waals surface area contributed by atoms with Crippen LogP contribution in [0.15, 0.2) is 122 Å². The molecule has 0 saturated heterocycles. The molecule has 0 amide bonds. The molecule has 0 aliphatic carbocycles. The van der Waals surface area contributed by atoms with Crippen molar-refractivity contribution in [1.82, 2.24) is 0 Å². The molecule has 0 aliphatic heterocycles. The van der Waals surface area contributed by atoms with Crippen LogP contribution >= 0.6 is 0 Å². The average Bonchev–Trinajstić information content (AvgIpc) is 3.09. The van der Waals surface area contributed by atoms with Crippen LogP contribution in [0.3, 0.4) is 0 Å². The van der Waals surface area contributed by atoms with Crippen LogP contribution in [-0.2, 0) is 17.1 Å². The smallest absolute Gasteiger partial charge is 0.151 e. The van der Waals surface area contributed by atoms with E-state index >= 15 is 0 Å². The Morgan fingerprint density at radius 2 is 1.19 bits per heavy atom. The summed E-state index contributed by atoms with van der Waals surface area (Å²) in [5.74, 6) is -0.149. The minimum Gasteiger partial charge on any atom is -0.507 e. The molecule has 0 heterocycles. The van der Waals surface area contributed by atoms with E-state index in [1.807, 2.05) is 63.2 Å². The summed E-state index contributed by atoms with van der Waals surface area (Å²) in [6.45, 7) is 9.69. The Morgan fingerprint density at radius 3 is 2.00 bits per heavy atom. The molecule has 0 aromatic heterocycles. The molecular weight excluding hydrogens is 702 g/mol. The predicted molar refractivity (Wildman–Crippen MR) is 204 cm³/mol. The Bertz CT molecular complexity index is 2650. The van der Waals surface area contributed by atoms with Gasteiger partial charge >= 0.3 is 0 Å². The Labute approximate surface area is 310 Å². The molecule has 10 nitrogen and oxygen atoms in total. The molecule has 7 aromatic carbocycles. The van der Waals surface area contributed by atoms with Crippen molar-refractivity contribution in [3.05, 3.63) is 119 Å². The van der Waals surface area contributed by atoms with Crippen molar-refractivity contribution in [2.24, 2.45) is 30.7 Å². The normalized spacial score (nSPS) is 11.9. The number of anilines is 1. The van der Waals surface area contributed by atoms with Crippen LogP contribution in [0.5, 0.6) is 17.2 Å². The molecule has 0 aliphatic rings.